The van der Waals surface area contributed by atoms with Crippen molar-refractivity contribution in [1.29, 1.82) is 0 Å². The Morgan fingerprint density at radius 1 is 1.32 bits per heavy atom. The van der Waals surface area contributed by atoms with Gasteiger partial charge in [0.05, 0.1) is 23.5 Å². The minimum absolute atomic E-state index is 0.415. The Balaban J connectivity index is 1.92. The van der Waals surface area contributed by atoms with Crippen LogP contribution in [-0.4, -0.2) is 14.8 Å². The Morgan fingerprint density at radius 2 is 2.16 bits per heavy atom. The third kappa shape index (κ3) is 3.70. The van der Waals surface area contributed by atoms with E-state index in [0.717, 1.165) is 23.6 Å². The van der Waals surface area contributed by atoms with Crippen LogP contribution < -0.4 is 4.74 Å². The summed E-state index contributed by atoms with van der Waals surface area (Å²) in [6.45, 7) is 4.74. The topological polar surface area (TPSA) is 39.9 Å². The summed E-state index contributed by atoms with van der Waals surface area (Å²) in [5.74, 6) is 1.14. The Morgan fingerprint density at radius 3 is 2.79 bits per heavy atom. The van der Waals surface area contributed by atoms with Gasteiger partial charge in [0.2, 0.25) is 0 Å². The minimum atomic E-state index is 0.415. The molecule has 0 N–H and O–H groups in total. The second-order valence-corrected chi connectivity index (χ2v) is 4.72. The van der Waals surface area contributed by atoms with Crippen LogP contribution in [0.25, 0.3) is 0 Å². The predicted molar refractivity (Wildman–Crippen MR) is 75.4 cm³/mol. The third-order valence-electron chi connectivity index (χ3n) is 3.03. The molecule has 0 fully saturated rings. The molecule has 0 aliphatic heterocycles. The number of aromatic nitrogens is 3. The molecule has 0 aliphatic rings. The van der Waals surface area contributed by atoms with Gasteiger partial charge in [0.15, 0.2) is 0 Å². The monoisotopic (exact) mass is 279 g/mol. The molecule has 0 amide bonds. The molecule has 19 heavy (non-hydrogen) atoms. The fourth-order valence-corrected chi connectivity index (χ4v) is 1.78. The fourth-order valence-electron chi connectivity index (χ4n) is 1.62. The first-order chi connectivity index (χ1) is 9.22. The van der Waals surface area contributed by atoms with Crippen LogP contribution in [0, 0.1) is 0 Å². The van der Waals surface area contributed by atoms with E-state index < -0.39 is 0 Å². The number of hydrogen-bond acceptors (Lipinski definition) is 3. The van der Waals surface area contributed by atoms with Gasteiger partial charge in [-0.15, -0.1) is 11.6 Å². The molecule has 0 aromatic carbocycles. The second-order valence-electron chi connectivity index (χ2n) is 4.45. The van der Waals surface area contributed by atoms with Crippen LogP contribution in [0.2, 0.25) is 0 Å². The molecule has 0 bridgehead atoms. The summed E-state index contributed by atoms with van der Waals surface area (Å²) in [7, 11) is 0. The maximum Gasteiger partial charge on any atom is 0.138 e. The van der Waals surface area contributed by atoms with E-state index in [1.807, 2.05) is 29.1 Å². The van der Waals surface area contributed by atoms with Crippen molar-refractivity contribution in [1.82, 2.24) is 14.8 Å². The molecule has 0 aliphatic carbocycles. The summed E-state index contributed by atoms with van der Waals surface area (Å²) < 4.78 is 7.60. The van der Waals surface area contributed by atoms with Gasteiger partial charge in [0, 0.05) is 12.2 Å². The van der Waals surface area contributed by atoms with Crippen molar-refractivity contribution in [2.24, 2.45) is 0 Å². The molecule has 2 aromatic heterocycles. The first kappa shape index (κ1) is 13.9. The third-order valence-corrected chi connectivity index (χ3v) is 3.30. The largest absolute Gasteiger partial charge is 0.486 e. The van der Waals surface area contributed by atoms with Gasteiger partial charge in [0.25, 0.3) is 0 Å². The van der Waals surface area contributed by atoms with Crippen molar-refractivity contribution in [3.8, 4) is 5.75 Å². The molecule has 2 heterocycles. The zero-order valence-electron chi connectivity index (χ0n) is 11.2. The van der Waals surface area contributed by atoms with Crippen LogP contribution in [-0.2, 0) is 12.5 Å². The van der Waals surface area contributed by atoms with Gasteiger partial charge in [-0.3, -0.25) is 9.67 Å². The number of pyridine rings is 1. The standard InChI is InChI=1S/C14H18ClN3O/c1-3-11(2)18-7-6-13(17-18)10-19-14-5-4-12(8-15)16-9-14/h4-7,9,11H,3,8,10H2,1-2H3. The van der Waals surface area contributed by atoms with Crippen molar-refractivity contribution >= 4 is 11.6 Å². The van der Waals surface area contributed by atoms with Gasteiger partial charge in [-0.05, 0) is 31.5 Å². The van der Waals surface area contributed by atoms with Crippen LogP contribution >= 0.6 is 11.6 Å². The zero-order valence-corrected chi connectivity index (χ0v) is 12.0. The molecule has 1 unspecified atom stereocenters. The summed E-state index contributed by atoms with van der Waals surface area (Å²) in [4.78, 5) is 4.17. The number of hydrogen-bond donors (Lipinski definition) is 0. The lowest BCUT2D eigenvalue weighted by Gasteiger charge is -2.08. The molecule has 0 spiro atoms. The molecule has 0 saturated heterocycles. The van der Waals surface area contributed by atoms with Crippen LogP contribution in [0.1, 0.15) is 37.7 Å². The zero-order chi connectivity index (χ0) is 13.7. The van der Waals surface area contributed by atoms with E-state index >= 15 is 0 Å². The van der Waals surface area contributed by atoms with Crippen molar-refractivity contribution < 1.29 is 4.74 Å². The quantitative estimate of drug-likeness (QED) is 0.759. The average Bonchev–Trinajstić information content (AvgIpc) is 2.93. The van der Waals surface area contributed by atoms with Gasteiger partial charge < -0.3 is 4.74 Å². The first-order valence-electron chi connectivity index (χ1n) is 6.40. The summed E-state index contributed by atoms with van der Waals surface area (Å²) in [6.07, 6.45) is 4.73. The summed E-state index contributed by atoms with van der Waals surface area (Å²) in [5.41, 5.74) is 1.76. The molecular weight excluding hydrogens is 262 g/mol. The lowest BCUT2D eigenvalue weighted by Crippen LogP contribution is -2.05. The number of ether oxygens (including phenoxy) is 1. The van der Waals surface area contributed by atoms with Crippen LogP contribution in [0.3, 0.4) is 0 Å². The van der Waals surface area contributed by atoms with Gasteiger partial charge in [0.1, 0.15) is 12.4 Å². The molecule has 0 radical (unpaired) electrons. The molecule has 0 saturated carbocycles. The van der Waals surface area contributed by atoms with Gasteiger partial charge in [-0.25, -0.2) is 0 Å². The first-order valence-corrected chi connectivity index (χ1v) is 6.94. The minimum Gasteiger partial charge on any atom is -0.486 e. The van der Waals surface area contributed by atoms with Gasteiger partial charge >= 0.3 is 0 Å². The van der Waals surface area contributed by atoms with Crippen LogP contribution in [0.5, 0.6) is 5.75 Å². The Bertz CT molecular complexity index is 510. The highest BCUT2D eigenvalue weighted by atomic mass is 35.5. The maximum absolute atomic E-state index is 5.68. The number of halogens is 1. The molecule has 2 aromatic rings. The highest BCUT2D eigenvalue weighted by Gasteiger charge is 2.05. The summed E-state index contributed by atoms with van der Waals surface area (Å²) >= 11 is 5.68. The smallest absolute Gasteiger partial charge is 0.138 e. The normalized spacial score (nSPS) is 12.4. The lowest BCUT2D eigenvalue weighted by molar-refractivity contribution is 0.297. The van der Waals surface area contributed by atoms with Crippen LogP contribution in [0.4, 0.5) is 0 Å². The SMILES string of the molecule is CCC(C)n1ccc(COc2ccc(CCl)nc2)n1. The van der Waals surface area contributed by atoms with Gasteiger partial charge in [-0.1, -0.05) is 6.92 Å². The van der Waals surface area contributed by atoms with E-state index in [0.29, 0.717) is 18.5 Å². The van der Waals surface area contributed by atoms with Crippen molar-refractivity contribution in [2.75, 3.05) is 0 Å². The molecule has 1 atom stereocenters. The fraction of sp³-hybridized carbons (Fsp3) is 0.429. The van der Waals surface area contributed by atoms with E-state index in [4.69, 9.17) is 16.3 Å². The van der Waals surface area contributed by atoms with E-state index in [1.54, 1.807) is 6.20 Å². The molecular formula is C14H18ClN3O. The van der Waals surface area contributed by atoms with E-state index in [9.17, 15) is 0 Å². The molecule has 2 rings (SSSR count). The molecule has 102 valence electrons. The number of alkyl halides is 1. The Hall–Kier alpha value is -1.55. The highest BCUT2D eigenvalue weighted by molar-refractivity contribution is 6.16. The van der Waals surface area contributed by atoms with E-state index in [-0.39, 0.29) is 0 Å². The van der Waals surface area contributed by atoms with Crippen molar-refractivity contribution in [3.63, 3.8) is 0 Å². The van der Waals surface area contributed by atoms with E-state index in [2.05, 4.69) is 23.9 Å². The van der Waals surface area contributed by atoms with Gasteiger partial charge in [-0.2, -0.15) is 5.10 Å². The molecule has 4 nitrogen and oxygen atoms in total. The van der Waals surface area contributed by atoms with E-state index in [1.165, 1.54) is 0 Å². The van der Waals surface area contributed by atoms with Crippen molar-refractivity contribution in [3.05, 3.63) is 42.0 Å². The summed E-state index contributed by atoms with van der Waals surface area (Å²) in [5, 5.41) is 4.48. The highest BCUT2D eigenvalue weighted by Crippen LogP contribution is 2.13. The van der Waals surface area contributed by atoms with Crippen molar-refractivity contribution in [2.45, 2.75) is 38.8 Å². The number of nitrogens with zero attached hydrogens (tertiary/aromatic N) is 3. The lowest BCUT2D eigenvalue weighted by atomic mass is 10.3. The molecule has 5 heteroatoms. The Labute approximate surface area is 118 Å². The predicted octanol–water partition coefficient (Wildman–Crippen LogP) is 3.57. The number of rotatable bonds is 6. The second kappa shape index (κ2) is 6.57. The maximum atomic E-state index is 5.68. The van der Waals surface area contributed by atoms with Crippen LogP contribution in [0.15, 0.2) is 30.6 Å². The summed E-state index contributed by atoms with van der Waals surface area (Å²) in [6, 6.07) is 6.13. The average molecular weight is 280 g/mol. The Kier molecular flexibility index (Phi) is 4.80.